The Bertz CT molecular complexity index is 551. The highest BCUT2D eigenvalue weighted by Crippen LogP contribution is 2.20. The molecule has 1 rings (SSSR count). The lowest BCUT2D eigenvalue weighted by molar-refractivity contribution is -0.167. The first-order valence-corrected chi connectivity index (χ1v) is 6.16. The van der Waals surface area contributed by atoms with Crippen LogP contribution in [0.5, 0.6) is 0 Å². The molecule has 0 saturated carbocycles. The summed E-state index contributed by atoms with van der Waals surface area (Å²) in [4.78, 5) is 22.4. The molecule has 0 aliphatic heterocycles. The Morgan fingerprint density at radius 3 is 2.24 bits per heavy atom. The number of nitrogens with one attached hydrogen (secondary N) is 2. The highest BCUT2D eigenvalue weighted by molar-refractivity contribution is 6.00. The van der Waals surface area contributed by atoms with Crippen molar-refractivity contribution >= 4 is 23.2 Å². The van der Waals surface area contributed by atoms with E-state index in [2.05, 4.69) is 5.32 Å². The Morgan fingerprint density at radius 2 is 1.71 bits per heavy atom. The van der Waals surface area contributed by atoms with E-state index in [1.807, 2.05) is 13.8 Å². The van der Waals surface area contributed by atoms with E-state index in [1.54, 1.807) is 11.4 Å². The van der Waals surface area contributed by atoms with E-state index in [0.717, 1.165) is 0 Å². The summed E-state index contributed by atoms with van der Waals surface area (Å²) < 4.78 is 36.4. The molecule has 0 aliphatic carbocycles. The van der Waals surface area contributed by atoms with Crippen LogP contribution in [-0.4, -0.2) is 18.0 Å². The van der Waals surface area contributed by atoms with E-state index < -0.39 is 18.0 Å². The third kappa shape index (κ3) is 6.11. The van der Waals surface area contributed by atoms with Crippen molar-refractivity contribution in [1.82, 2.24) is 0 Å². The Labute approximate surface area is 120 Å². The minimum absolute atomic E-state index is 0.0528. The molecule has 21 heavy (non-hydrogen) atoms. The van der Waals surface area contributed by atoms with Gasteiger partial charge in [0.2, 0.25) is 5.91 Å². The molecule has 0 heterocycles. The van der Waals surface area contributed by atoms with Gasteiger partial charge in [-0.3, -0.25) is 9.59 Å². The summed E-state index contributed by atoms with van der Waals surface area (Å²) in [5, 5.41) is 4.20. The van der Waals surface area contributed by atoms with Gasteiger partial charge in [-0.1, -0.05) is 26.0 Å². The van der Waals surface area contributed by atoms with Gasteiger partial charge < -0.3 is 10.6 Å². The predicted molar refractivity (Wildman–Crippen MR) is 73.7 cm³/mol. The fourth-order valence-electron chi connectivity index (χ4n) is 1.34. The minimum atomic E-state index is -4.96. The highest BCUT2D eigenvalue weighted by Gasteiger charge is 2.38. The van der Waals surface area contributed by atoms with Crippen molar-refractivity contribution < 1.29 is 22.8 Å². The fraction of sp³-hybridized carbons (Fsp3) is 0.286. The zero-order valence-electron chi connectivity index (χ0n) is 11.5. The van der Waals surface area contributed by atoms with Gasteiger partial charge in [-0.2, -0.15) is 13.2 Å². The minimum Gasteiger partial charge on any atom is -0.322 e. The molecule has 0 aliphatic rings. The zero-order valence-corrected chi connectivity index (χ0v) is 11.5. The molecule has 0 unspecified atom stereocenters. The van der Waals surface area contributed by atoms with Crippen molar-refractivity contribution in [2.45, 2.75) is 20.0 Å². The molecule has 2 amide bonds. The summed E-state index contributed by atoms with van der Waals surface area (Å²) in [6.07, 6.45) is -1.94. The predicted octanol–water partition coefficient (Wildman–Crippen LogP) is 3.34. The third-order valence-electron chi connectivity index (χ3n) is 2.28. The number of allylic oxidation sites excluding steroid dienone is 1. The van der Waals surface area contributed by atoms with Crippen LogP contribution >= 0.6 is 0 Å². The molecule has 0 saturated heterocycles. The molecule has 0 atom stereocenters. The average Bonchev–Trinajstić information content (AvgIpc) is 2.35. The number of benzene rings is 1. The fourth-order valence-corrected chi connectivity index (χ4v) is 1.34. The van der Waals surface area contributed by atoms with Gasteiger partial charge in [-0.15, -0.1) is 0 Å². The summed E-state index contributed by atoms with van der Waals surface area (Å²) in [6, 6.07) is 5.46. The molecule has 0 bridgehead atoms. The van der Waals surface area contributed by atoms with Gasteiger partial charge in [-0.05, 0) is 30.2 Å². The molecule has 7 heteroatoms. The van der Waals surface area contributed by atoms with Crippen molar-refractivity contribution in [3.8, 4) is 0 Å². The molecular formula is C14H15F3N2O2. The van der Waals surface area contributed by atoms with Crippen LogP contribution in [0.2, 0.25) is 0 Å². The monoisotopic (exact) mass is 300 g/mol. The SMILES string of the molecule is CC(C)/C=C/C(=O)Nc1cccc(NC(=O)C(F)(F)F)c1. The second-order valence-electron chi connectivity index (χ2n) is 4.63. The standard InChI is InChI=1S/C14H15F3N2O2/c1-9(2)6-7-12(20)18-10-4-3-5-11(8-10)19-13(21)14(15,16)17/h3-9H,1-2H3,(H,18,20)(H,19,21)/b7-6+. The number of amides is 2. The molecular weight excluding hydrogens is 285 g/mol. The first-order chi connectivity index (χ1) is 9.68. The van der Waals surface area contributed by atoms with Crippen LogP contribution in [0.3, 0.4) is 0 Å². The number of hydrogen-bond acceptors (Lipinski definition) is 2. The van der Waals surface area contributed by atoms with Crippen molar-refractivity contribution in [1.29, 1.82) is 0 Å². The van der Waals surface area contributed by atoms with Crippen molar-refractivity contribution in [2.24, 2.45) is 5.92 Å². The summed E-state index contributed by atoms with van der Waals surface area (Å²) in [7, 11) is 0. The second-order valence-corrected chi connectivity index (χ2v) is 4.63. The Balaban J connectivity index is 2.73. The van der Waals surface area contributed by atoms with Crippen LogP contribution in [0, 0.1) is 5.92 Å². The van der Waals surface area contributed by atoms with E-state index >= 15 is 0 Å². The lowest BCUT2D eigenvalue weighted by atomic mass is 10.2. The smallest absolute Gasteiger partial charge is 0.322 e. The van der Waals surface area contributed by atoms with E-state index in [1.165, 1.54) is 30.3 Å². The molecule has 1 aromatic rings. The van der Waals surface area contributed by atoms with Crippen LogP contribution < -0.4 is 10.6 Å². The third-order valence-corrected chi connectivity index (χ3v) is 2.28. The van der Waals surface area contributed by atoms with E-state index in [9.17, 15) is 22.8 Å². The second kappa shape index (κ2) is 6.92. The van der Waals surface area contributed by atoms with Gasteiger partial charge in [0.1, 0.15) is 0 Å². The molecule has 0 radical (unpaired) electrons. The number of alkyl halides is 3. The Kier molecular flexibility index (Phi) is 5.52. The summed E-state index contributed by atoms with van der Waals surface area (Å²) in [6.45, 7) is 3.80. The average molecular weight is 300 g/mol. The lowest BCUT2D eigenvalue weighted by Gasteiger charge is -2.09. The van der Waals surface area contributed by atoms with Crippen molar-refractivity contribution in [3.05, 3.63) is 36.4 Å². The number of anilines is 2. The maximum atomic E-state index is 12.1. The number of carbonyl (C=O) groups excluding carboxylic acids is 2. The maximum Gasteiger partial charge on any atom is 0.471 e. The van der Waals surface area contributed by atoms with Gasteiger partial charge in [-0.25, -0.2) is 0 Å². The van der Waals surface area contributed by atoms with Gasteiger partial charge >= 0.3 is 12.1 Å². The summed E-state index contributed by atoms with van der Waals surface area (Å²) >= 11 is 0. The Morgan fingerprint density at radius 1 is 1.14 bits per heavy atom. The van der Waals surface area contributed by atoms with Gasteiger partial charge in [0.25, 0.3) is 0 Å². The summed E-state index contributed by atoms with van der Waals surface area (Å²) in [5.41, 5.74) is 0.233. The van der Waals surface area contributed by atoms with E-state index in [-0.39, 0.29) is 17.3 Å². The molecule has 1 aromatic carbocycles. The molecule has 0 fully saturated rings. The molecule has 2 N–H and O–H groups in total. The van der Waals surface area contributed by atoms with Gasteiger partial charge in [0.15, 0.2) is 0 Å². The normalized spacial score (nSPS) is 11.7. The van der Waals surface area contributed by atoms with E-state index in [4.69, 9.17) is 0 Å². The lowest BCUT2D eigenvalue weighted by Crippen LogP contribution is -2.29. The molecule has 4 nitrogen and oxygen atoms in total. The first-order valence-electron chi connectivity index (χ1n) is 6.16. The number of carbonyl (C=O) groups is 2. The van der Waals surface area contributed by atoms with Crippen LogP contribution in [-0.2, 0) is 9.59 Å². The number of rotatable bonds is 4. The molecule has 0 spiro atoms. The van der Waals surface area contributed by atoms with E-state index in [0.29, 0.717) is 0 Å². The topological polar surface area (TPSA) is 58.2 Å². The highest BCUT2D eigenvalue weighted by atomic mass is 19.4. The maximum absolute atomic E-state index is 12.1. The van der Waals surface area contributed by atoms with Crippen LogP contribution in [0.4, 0.5) is 24.5 Å². The van der Waals surface area contributed by atoms with Crippen molar-refractivity contribution in [2.75, 3.05) is 10.6 Å². The number of hydrogen-bond donors (Lipinski definition) is 2. The van der Waals surface area contributed by atoms with Gasteiger partial charge in [0, 0.05) is 11.4 Å². The summed E-state index contributed by atoms with van der Waals surface area (Å²) in [5.74, 6) is -2.26. The molecule has 114 valence electrons. The first kappa shape index (κ1) is 16.7. The van der Waals surface area contributed by atoms with Gasteiger partial charge in [0.05, 0.1) is 0 Å². The largest absolute Gasteiger partial charge is 0.471 e. The number of halogens is 3. The quantitative estimate of drug-likeness (QED) is 0.838. The van der Waals surface area contributed by atoms with Crippen LogP contribution in [0.1, 0.15) is 13.8 Å². The van der Waals surface area contributed by atoms with Crippen molar-refractivity contribution in [3.63, 3.8) is 0 Å². The van der Waals surface area contributed by atoms with Crippen LogP contribution in [0.25, 0.3) is 0 Å². The van der Waals surface area contributed by atoms with Crippen LogP contribution in [0.15, 0.2) is 36.4 Å². The molecule has 0 aromatic heterocycles. The zero-order chi connectivity index (χ0) is 16.0. The Hall–Kier alpha value is -2.31.